The minimum Gasteiger partial charge on any atom is -0.369 e. The van der Waals surface area contributed by atoms with Crippen molar-refractivity contribution in [3.05, 3.63) is 71.3 Å². The molecule has 2 aromatic carbocycles. The van der Waals surface area contributed by atoms with Gasteiger partial charge in [-0.05, 0) is 36.2 Å². The summed E-state index contributed by atoms with van der Waals surface area (Å²) in [6, 6.07) is 12.4. The summed E-state index contributed by atoms with van der Waals surface area (Å²) in [6.45, 7) is 2.01. The van der Waals surface area contributed by atoms with Crippen molar-refractivity contribution < 1.29 is 4.39 Å². The molecular formula is C18H15FN4. The Morgan fingerprint density at radius 3 is 2.65 bits per heavy atom. The van der Waals surface area contributed by atoms with E-state index in [9.17, 15) is 4.39 Å². The molecule has 0 aliphatic heterocycles. The van der Waals surface area contributed by atoms with Gasteiger partial charge in [0.05, 0.1) is 11.2 Å². The molecule has 0 radical (unpaired) electrons. The molecule has 2 aromatic heterocycles. The van der Waals surface area contributed by atoms with Gasteiger partial charge in [0.2, 0.25) is 5.95 Å². The molecule has 0 bridgehead atoms. The summed E-state index contributed by atoms with van der Waals surface area (Å²) in [5, 5.41) is 0.976. The highest BCUT2D eigenvalue weighted by atomic mass is 19.1. The van der Waals surface area contributed by atoms with E-state index in [2.05, 4.69) is 4.98 Å². The smallest absolute Gasteiger partial charge is 0.206 e. The molecule has 23 heavy (non-hydrogen) atoms. The molecule has 5 heteroatoms. The van der Waals surface area contributed by atoms with Crippen LogP contribution in [0.25, 0.3) is 16.6 Å². The Morgan fingerprint density at radius 1 is 1.09 bits per heavy atom. The van der Waals surface area contributed by atoms with Crippen molar-refractivity contribution in [1.29, 1.82) is 0 Å². The number of aromatic nitrogens is 3. The van der Waals surface area contributed by atoms with E-state index in [1.165, 1.54) is 12.1 Å². The number of hydrogen-bond donors (Lipinski definition) is 1. The fourth-order valence-corrected chi connectivity index (χ4v) is 2.85. The van der Waals surface area contributed by atoms with E-state index in [-0.39, 0.29) is 5.82 Å². The quantitative estimate of drug-likeness (QED) is 0.616. The SMILES string of the molecule is Cc1cccc2c1nc(N)n1cc(Cc3ccc(F)cc3)nc21. The highest BCUT2D eigenvalue weighted by Crippen LogP contribution is 2.24. The molecule has 0 unspecified atom stereocenters. The molecule has 0 saturated carbocycles. The summed E-state index contributed by atoms with van der Waals surface area (Å²) in [6.07, 6.45) is 2.51. The number of benzene rings is 2. The molecule has 4 rings (SSSR count). The van der Waals surface area contributed by atoms with Crippen molar-refractivity contribution >= 4 is 22.5 Å². The van der Waals surface area contributed by atoms with E-state index >= 15 is 0 Å². The fraction of sp³-hybridized carbons (Fsp3) is 0.111. The number of aryl methyl sites for hydroxylation is 1. The summed E-state index contributed by atoms with van der Waals surface area (Å²) in [4.78, 5) is 9.20. The topological polar surface area (TPSA) is 56.2 Å². The number of fused-ring (bicyclic) bond motifs is 3. The maximum Gasteiger partial charge on any atom is 0.206 e. The third-order valence-corrected chi connectivity index (χ3v) is 4.01. The van der Waals surface area contributed by atoms with Gasteiger partial charge in [-0.25, -0.2) is 14.4 Å². The van der Waals surface area contributed by atoms with Gasteiger partial charge in [0.1, 0.15) is 11.5 Å². The van der Waals surface area contributed by atoms with Crippen molar-refractivity contribution in [2.75, 3.05) is 5.73 Å². The zero-order valence-electron chi connectivity index (χ0n) is 12.6. The minimum atomic E-state index is -0.237. The van der Waals surface area contributed by atoms with Crippen LogP contribution in [0.5, 0.6) is 0 Å². The molecule has 0 atom stereocenters. The first kappa shape index (κ1) is 13.7. The highest BCUT2D eigenvalue weighted by Gasteiger charge is 2.11. The van der Waals surface area contributed by atoms with Crippen LogP contribution in [0.3, 0.4) is 0 Å². The number of nitrogens with zero attached hydrogens (tertiary/aromatic N) is 3. The van der Waals surface area contributed by atoms with Crippen LogP contribution in [0.1, 0.15) is 16.8 Å². The van der Waals surface area contributed by atoms with Crippen molar-refractivity contribution in [2.45, 2.75) is 13.3 Å². The van der Waals surface area contributed by atoms with Crippen LogP contribution in [-0.2, 0) is 6.42 Å². The molecule has 114 valence electrons. The Labute approximate surface area is 132 Å². The number of anilines is 1. The lowest BCUT2D eigenvalue weighted by Crippen LogP contribution is -2.01. The monoisotopic (exact) mass is 306 g/mol. The predicted octanol–water partition coefficient (Wildman–Crippen LogP) is 3.50. The summed E-state index contributed by atoms with van der Waals surface area (Å²) in [7, 11) is 0. The summed E-state index contributed by atoms with van der Waals surface area (Å²) < 4.78 is 14.8. The number of para-hydroxylation sites is 1. The Morgan fingerprint density at radius 2 is 1.87 bits per heavy atom. The average molecular weight is 306 g/mol. The Balaban J connectivity index is 1.87. The van der Waals surface area contributed by atoms with Crippen LogP contribution in [0.2, 0.25) is 0 Å². The zero-order chi connectivity index (χ0) is 16.0. The number of imidazole rings is 1. The van der Waals surface area contributed by atoms with Crippen LogP contribution in [0, 0.1) is 12.7 Å². The molecule has 2 N–H and O–H groups in total. The van der Waals surface area contributed by atoms with E-state index < -0.39 is 0 Å². The molecule has 4 aromatic rings. The minimum absolute atomic E-state index is 0.237. The molecule has 0 saturated heterocycles. The molecule has 0 spiro atoms. The maximum absolute atomic E-state index is 13.0. The lowest BCUT2D eigenvalue weighted by molar-refractivity contribution is 0.627. The standard InChI is InChI=1S/C18H15FN4/c1-11-3-2-4-15-16(11)22-18(20)23-10-14(21-17(15)23)9-12-5-7-13(19)8-6-12/h2-8,10H,9H2,1H3,(H2,20,22). The van der Waals surface area contributed by atoms with Crippen LogP contribution in [0.15, 0.2) is 48.7 Å². The number of halogens is 1. The summed E-state index contributed by atoms with van der Waals surface area (Å²) in [5.74, 6) is 0.179. The van der Waals surface area contributed by atoms with Gasteiger partial charge in [0, 0.05) is 18.0 Å². The van der Waals surface area contributed by atoms with Gasteiger partial charge in [-0.3, -0.25) is 4.40 Å². The van der Waals surface area contributed by atoms with Gasteiger partial charge >= 0.3 is 0 Å². The van der Waals surface area contributed by atoms with Crippen LogP contribution < -0.4 is 5.73 Å². The van der Waals surface area contributed by atoms with Crippen molar-refractivity contribution in [3.63, 3.8) is 0 Å². The maximum atomic E-state index is 13.0. The van der Waals surface area contributed by atoms with Gasteiger partial charge in [0.25, 0.3) is 0 Å². The molecular weight excluding hydrogens is 291 g/mol. The Kier molecular flexibility index (Phi) is 3.01. The van der Waals surface area contributed by atoms with Crippen LogP contribution in [0.4, 0.5) is 10.3 Å². The van der Waals surface area contributed by atoms with Crippen molar-refractivity contribution in [1.82, 2.24) is 14.4 Å². The van der Waals surface area contributed by atoms with E-state index in [0.717, 1.165) is 33.4 Å². The number of nitrogen functional groups attached to an aromatic ring is 1. The van der Waals surface area contributed by atoms with Crippen LogP contribution in [-0.4, -0.2) is 14.4 Å². The number of rotatable bonds is 2. The molecule has 0 amide bonds. The second kappa shape index (κ2) is 5.05. The molecule has 0 fully saturated rings. The van der Waals surface area contributed by atoms with Crippen molar-refractivity contribution in [3.8, 4) is 0 Å². The van der Waals surface area contributed by atoms with E-state index in [1.807, 2.05) is 31.3 Å². The zero-order valence-corrected chi connectivity index (χ0v) is 12.6. The number of nitrogens with two attached hydrogens (primary N) is 1. The second-order valence-electron chi connectivity index (χ2n) is 5.67. The van der Waals surface area contributed by atoms with Crippen molar-refractivity contribution in [2.24, 2.45) is 0 Å². The normalized spacial score (nSPS) is 11.4. The predicted molar refractivity (Wildman–Crippen MR) is 88.8 cm³/mol. The van der Waals surface area contributed by atoms with Gasteiger partial charge in [-0.15, -0.1) is 0 Å². The largest absolute Gasteiger partial charge is 0.369 e. The van der Waals surface area contributed by atoms with Gasteiger partial charge in [-0.2, -0.15) is 0 Å². The first-order chi connectivity index (χ1) is 11.1. The Hall–Kier alpha value is -2.95. The lowest BCUT2D eigenvalue weighted by Gasteiger charge is -2.05. The number of hydrogen-bond acceptors (Lipinski definition) is 3. The molecule has 4 nitrogen and oxygen atoms in total. The first-order valence-electron chi connectivity index (χ1n) is 7.39. The lowest BCUT2D eigenvalue weighted by atomic mass is 10.1. The van der Waals surface area contributed by atoms with Gasteiger partial charge in [0.15, 0.2) is 0 Å². The summed E-state index contributed by atoms with van der Waals surface area (Å²) in [5.41, 5.74) is 10.7. The van der Waals surface area contributed by atoms with E-state index in [4.69, 9.17) is 10.7 Å². The molecule has 0 aliphatic rings. The van der Waals surface area contributed by atoms with Crippen LogP contribution >= 0.6 is 0 Å². The highest BCUT2D eigenvalue weighted by molar-refractivity contribution is 5.94. The van der Waals surface area contributed by atoms with E-state index in [0.29, 0.717) is 12.4 Å². The third-order valence-electron chi connectivity index (χ3n) is 4.01. The fourth-order valence-electron chi connectivity index (χ4n) is 2.85. The first-order valence-corrected chi connectivity index (χ1v) is 7.39. The Bertz CT molecular complexity index is 1020. The van der Waals surface area contributed by atoms with E-state index in [1.54, 1.807) is 16.5 Å². The van der Waals surface area contributed by atoms with Gasteiger partial charge < -0.3 is 5.73 Å². The molecule has 2 heterocycles. The summed E-state index contributed by atoms with van der Waals surface area (Å²) >= 11 is 0. The average Bonchev–Trinajstić information content (AvgIpc) is 2.96. The second-order valence-corrected chi connectivity index (χ2v) is 5.67. The third kappa shape index (κ3) is 2.30. The molecule has 0 aliphatic carbocycles. The van der Waals surface area contributed by atoms with Gasteiger partial charge in [-0.1, -0.05) is 24.3 Å².